The molecule has 3 rings (SSSR count). The molecule has 0 aliphatic carbocycles. The lowest BCUT2D eigenvalue weighted by atomic mass is 10.1. The van der Waals surface area contributed by atoms with Gasteiger partial charge in [-0.05, 0) is 38.0 Å². The summed E-state index contributed by atoms with van der Waals surface area (Å²) in [5.41, 5.74) is 3.22. The minimum Gasteiger partial charge on any atom is -0.352 e. The van der Waals surface area contributed by atoms with E-state index in [1.54, 1.807) is 16.8 Å². The fourth-order valence-electron chi connectivity index (χ4n) is 3.30. The van der Waals surface area contributed by atoms with E-state index in [0.717, 1.165) is 22.5 Å². The number of carbonyl (C=O) groups is 1. The molecule has 0 saturated carbocycles. The minimum atomic E-state index is -3.00. The average molecular weight is 379 g/mol. The van der Waals surface area contributed by atoms with Gasteiger partial charge in [-0.1, -0.05) is 12.1 Å². The Morgan fingerprint density at radius 1 is 1.31 bits per heavy atom. The number of halogens is 1. The summed E-state index contributed by atoms with van der Waals surface area (Å²) in [4.78, 5) is 12.3. The van der Waals surface area contributed by atoms with Crippen molar-refractivity contribution in [3.63, 3.8) is 0 Å². The summed E-state index contributed by atoms with van der Waals surface area (Å²) in [6, 6.07) is 5.81. The predicted molar refractivity (Wildman–Crippen MR) is 96.0 cm³/mol. The van der Waals surface area contributed by atoms with Crippen molar-refractivity contribution in [2.45, 2.75) is 39.3 Å². The molecule has 26 heavy (non-hydrogen) atoms. The van der Waals surface area contributed by atoms with Crippen LogP contribution in [0.5, 0.6) is 0 Å². The minimum absolute atomic E-state index is 0.102. The molecule has 8 heteroatoms. The second-order valence-electron chi connectivity index (χ2n) is 6.73. The van der Waals surface area contributed by atoms with E-state index in [1.165, 1.54) is 12.1 Å². The number of amides is 1. The Labute approximate surface area is 152 Å². The number of aromatic nitrogens is 2. The van der Waals surface area contributed by atoms with Crippen LogP contribution in [0.15, 0.2) is 24.3 Å². The summed E-state index contributed by atoms with van der Waals surface area (Å²) in [5, 5.41) is 7.29. The third-order valence-electron chi connectivity index (χ3n) is 4.77. The molecule has 1 aromatic heterocycles. The fraction of sp³-hybridized carbons (Fsp3) is 0.444. The van der Waals surface area contributed by atoms with Crippen molar-refractivity contribution >= 4 is 15.7 Å². The van der Waals surface area contributed by atoms with Gasteiger partial charge < -0.3 is 5.32 Å². The molecule has 0 bridgehead atoms. The highest BCUT2D eigenvalue weighted by atomic mass is 32.2. The molecule has 0 spiro atoms. The maximum absolute atomic E-state index is 12.9. The third kappa shape index (κ3) is 4.12. The van der Waals surface area contributed by atoms with Crippen molar-refractivity contribution in [3.05, 3.63) is 52.6 Å². The highest BCUT2D eigenvalue weighted by Crippen LogP contribution is 2.27. The molecule has 1 amide bonds. The van der Waals surface area contributed by atoms with Crippen molar-refractivity contribution in [3.8, 4) is 0 Å². The molecule has 6 nitrogen and oxygen atoms in total. The van der Waals surface area contributed by atoms with Crippen LogP contribution < -0.4 is 5.32 Å². The van der Waals surface area contributed by atoms with Gasteiger partial charge in [-0.25, -0.2) is 12.8 Å². The first-order valence-corrected chi connectivity index (χ1v) is 10.3. The van der Waals surface area contributed by atoms with E-state index in [4.69, 9.17) is 0 Å². The van der Waals surface area contributed by atoms with E-state index in [9.17, 15) is 17.6 Å². The first kappa shape index (κ1) is 18.6. The van der Waals surface area contributed by atoms with Crippen LogP contribution in [-0.4, -0.2) is 35.6 Å². The zero-order valence-corrected chi connectivity index (χ0v) is 15.6. The van der Waals surface area contributed by atoms with Gasteiger partial charge in [-0.15, -0.1) is 0 Å². The van der Waals surface area contributed by atoms with E-state index in [1.807, 2.05) is 13.8 Å². The predicted octanol–water partition coefficient (Wildman–Crippen LogP) is 1.86. The number of benzene rings is 1. The summed E-state index contributed by atoms with van der Waals surface area (Å²) < 4.78 is 38.1. The topological polar surface area (TPSA) is 81.1 Å². The Hall–Kier alpha value is -2.22. The number of rotatable bonds is 5. The molecule has 2 aromatic rings. The normalized spacial score (nSPS) is 18.8. The van der Waals surface area contributed by atoms with Crippen LogP contribution in [0.1, 0.15) is 35.0 Å². The summed E-state index contributed by atoms with van der Waals surface area (Å²) in [6.07, 6.45) is 0.735. The molecule has 0 radical (unpaired) electrons. The maximum atomic E-state index is 12.9. The van der Waals surface area contributed by atoms with E-state index in [0.29, 0.717) is 13.0 Å². The zero-order valence-electron chi connectivity index (χ0n) is 14.8. The van der Waals surface area contributed by atoms with Crippen LogP contribution in [0, 0.1) is 19.7 Å². The van der Waals surface area contributed by atoms with Gasteiger partial charge in [0.05, 0.1) is 29.7 Å². The molecule has 1 aliphatic heterocycles. The lowest BCUT2D eigenvalue weighted by Gasteiger charge is -2.11. The number of sulfone groups is 1. The maximum Gasteiger partial charge on any atom is 0.224 e. The molecule has 2 heterocycles. The third-order valence-corrected chi connectivity index (χ3v) is 6.52. The Balaban J connectivity index is 1.66. The molecular weight excluding hydrogens is 357 g/mol. The van der Waals surface area contributed by atoms with Crippen LogP contribution >= 0.6 is 0 Å². The first-order valence-electron chi connectivity index (χ1n) is 8.51. The number of nitrogens with one attached hydrogen (secondary N) is 1. The van der Waals surface area contributed by atoms with Crippen LogP contribution in [0.3, 0.4) is 0 Å². The number of hydrogen-bond acceptors (Lipinski definition) is 4. The van der Waals surface area contributed by atoms with Gasteiger partial charge in [0.25, 0.3) is 0 Å². The van der Waals surface area contributed by atoms with Crippen LogP contribution in [0.4, 0.5) is 4.39 Å². The van der Waals surface area contributed by atoms with E-state index in [2.05, 4.69) is 10.4 Å². The summed E-state index contributed by atoms with van der Waals surface area (Å²) >= 11 is 0. The second kappa shape index (κ2) is 7.19. The van der Waals surface area contributed by atoms with Crippen LogP contribution in [0.25, 0.3) is 0 Å². The highest BCUT2D eigenvalue weighted by Gasteiger charge is 2.31. The standard InChI is InChI=1S/C18H22FN3O3S/c1-12-17(9-18(23)20-10-14-3-5-15(19)6-4-14)13(2)22(21-12)16-7-8-26(24,25)11-16/h3-6,16H,7-11H2,1-2H3,(H,20,23). The number of hydrogen-bond donors (Lipinski definition) is 1. The molecular formula is C18H22FN3O3S. The van der Waals surface area contributed by atoms with Crippen molar-refractivity contribution in [1.29, 1.82) is 0 Å². The summed E-state index contributed by atoms with van der Waals surface area (Å²) in [5.74, 6) is -0.180. The molecule has 1 aliphatic rings. The molecule has 140 valence electrons. The number of aryl methyl sites for hydroxylation is 1. The number of nitrogens with zero attached hydrogens (tertiary/aromatic N) is 2. The monoisotopic (exact) mass is 379 g/mol. The van der Waals surface area contributed by atoms with Gasteiger partial charge in [0.2, 0.25) is 5.91 Å². The zero-order chi connectivity index (χ0) is 18.9. The Morgan fingerprint density at radius 2 is 2.00 bits per heavy atom. The molecule has 1 saturated heterocycles. The molecule has 1 aromatic carbocycles. The van der Waals surface area contributed by atoms with Gasteiger partial charge in [0.15, 0.2) is 9.84 Å². The summed E-state index contributed by atoms with van der Waals surface area (Å²) in [6.45, 7) is 4.02. The lowest BCUT2D eigenvalue weighted by Crippen LogP contribution is -2.25. The van der Waals surface area contributed by atoms with Crippen LogP contribution in [0.2, 0.25) is 0 Å². The molecule has 1 fully saturated rings. The van der Waals surface area contributed by atoms with E-state index < -0.39 is 9.84 Å². The fourth-order valence-corrected chi connectivity index (χ4v) is 4.99. The highest BCUT2D eigenvalue weighted by molar-refractivity contribution is 7.91. The van der Waals surface area contributed by atoms with Crippen LogP contribution in [-0.2, 0) is 27.6 Å². The molecule has 1 N–H and O–H groups in total. The SMILES string of the molecule is Cc1nn(C2CCS(=O)(=O)C2)c(C)c1CC(=O)NCc1ccc(F)cc1. The Bertz CT molecular complexity index is 920. The van der Waals surface area contributed by atoms with E-state index in [-0.39, 0.29) is 35.7 Å². The van der Waals surface area contributed by atoms with E-state index >= 15 is 0 Å². The van der Waals surface area contributed by atoms with Crippen molar-refractivity contribution in [2.75, 3.05) is 11.5 Å². The van der Waals surface area contributed by atoms with Gasteiger partial charge in [0.1, 0.15) is 5.82 Å². The van der Waals surface area contributed by atoms with Crippen molar-refractivity contribution < 1.29 is 17.6 Å². The van der Waals surface area contributed by atoms with Gasteiger partial charge >= 0.3 is 0 Å². The average Bonchev–Trinajstić information content (AvgIpc) is 3.08. The van der Waals surface area contributed by atoms with Crippen molar-refractivity contribution in [2.24, 2.45) is 0 Å². The Morgan fingerprint density at radius 3 is 2.62 bits per heavy atom. The molecule has 1 unspecified atom stereocenters. The van der Waals surface area contributed by atoms with Crippen molar-refractivity contribution in [1.82, 2.24) is 15.1 Å². The van der Waals surface area contributed by atoms with Gasteiger partial charge in [-0.2, -0.15) is 5.10 Å². The second-order valence-corrected chi connectivity index (χ2v) is 8.96. The smallest absolute Gasteiger partial charge is 0.224 e. The number of carbonyl (C=O) groups excluding carboxylic acids is 1. The Kier molecular flexibility index (Phi) is 5.13. The summed E-state index contributed by atoms with van der Waals surface area (Å²) in [7, 11) is -3.00. The largest absolute Gasteiger partial charge is 0.352 e. The van der Waals surface area contributed by atoms with Gasteiger partial charge in [-0.3, -0.25) is 9.48 Å². The lowest BCUT2D eigenvalue weighted by molar-refractivity contribution is -0.120. The van der Waals surface area contributed by atoms with Gasteiger partial charge in [0, 0.05) is 17.8 Å². The quantitative estimate of drug-likeness (QED) is 0.860. The molecule has 1 atom stereocenters. The first-order chi connectivity index (χ1) is 12.2.